The molecule has 1 fully saturated rings. The van der Waals surface area contributed by atoms with Crippen LogP contribution in [-0.2, 0) is 4.79 Å². The van der Waals surface area contributed by atoms with Crippen molar-refractivity contribution in [3.63, 3.8) is 0 Å². The third-order valence-corrected chi connectivity index (χ3v) is 5.95. The summed E-state index contributed by atoms with van der Waals surface area (Å²) in [7, 11) is 0. The van der Waals surface area contributed by atoms with Crippen LogP contribution in [0, 0.1) is 19.8 Å². The van der Waals surface area contributed by atoms with Crippen LogP contribution < -0.4 is 0 Å². The number of aryl methyl sites for hydroxylation is 2. The smallest absolute Gasteiger partial charge is 0.223 e. The molecule has 1 aliphatic heterocycles. The predicted octanol–water partition coefficient (Wildman–Crippen LogP) is 3.82. The largest absolute Gasteiger partial charge is 0.342 e. The molecule has 3 nitrogen and oxygen atoms in total. The summed E-state index contributed by atoms with van der Waals surface area (Å²) < 4.78 is 0. The van der Waals surface area contributed by atoms with Gasteiger partial charge < -0.3 is 4.90 Å². The van der Waals surface area contributed by atoms with Crippen LogP contribution in [-0.4, -0.2) is 28.9 Å². The summed E-state index contributed by atoms with van der Waals surface area (Å²) in [6.07, 6.45) is 9.67. The van der Waals surface area contributed by atoms with Gasteiger partial charge in [-0.3, -0.25) is 4.79 Å². The number of thiazole rings is 1. The molecule has 0 spiro atoms. The molecule has 3 rings (SSSR count). The average Bonchev–Trinajstić information content (AvgIpc) is 3.10. The van der Waals surface area contributed by atoms with Gasteiger partial charge in [0.1, 0.15) is 0 Å². The summed E-state index contributed by atoms with van der Waals surface area (Å²) in [6.45, 7) is 6.00. The van der Waals surface area contributed by atoms with Crippen LogP contribution in [0.2, 0.25) is 0 Å². The van der Waals surface area contributed by atoms with E-state index in [1.165, 1.54) is 16.3 Å². The van der Waals surface area contributed by atoms with Crippen molar-refractivity contribution in [1.29, 1.82) is 0 Å². The molecule has 1 aromatic heterocycles. The lowest BCUT2D eigenvalue weighted by molar-refractivity contribution is -0.133. The summed E-state index contributed by atoms with van der Waals surface area (Å²) in [5.41, 5.74) is 1.15. The highest BCUT2D eigenvalue weighted by molar-refractivity contribution is 7.11. The first kappa shape index (κ1) is 14.8. The average molecular weight is 304 g/mol. The van der Waals surface area contributed by atoms with Crippen LogP contribution in [0.1, 0.15) is 53.6 Å². The number of carbonyl (C=O) groups is 1. The molecule has 1 aliphatic carbocycles. The van der Waals surface area contributed by atoms with E-state index in [1.54, 1.807) is 0 Å². The van der Waals surface area contributed by atoms with Gasteiger partial charge >= 0.3 is 0 Å². The molecule has 2 atom stereocenters. The van der Waals surface area contributed by atoms with Crippen molar-refractivity contribution >= 4 is 17.2 Å². The van der Waals surface area contributed by atoms with Crippen molar-refractivity contribution < 1.29 is 4.79 Å². The number of carbonyl (C=O) groups excluding carboxylic acids is 1. The number of hydrogen-bond donors (Lipinski definition) is 0. The van der Waals surface area contributed by atoms with Crippen molar-refractivity contribution in [3.05, 3.63) is 27.7 Å². The Balaban J connectivity index is 1.62. The van der Waals surface area contributed by atoms with Crippen molar-refractivity contribution in [2.45, 2.75) is 51.9 Å². The second-order valence-corrected chi connectivity index (χ2v) is 7.58. The van der Waals surface area contributed by atoms with Gasteiger partial charge in [-0.1, -0.05) is 12.2 Å². The summed E-state index contributed by atoms with van der Waals surface area (Å²) in [6, 6.07) is 0. The molecule has 0 bridgehead atoms. The van der Waals surface area contributed by atoms with Gasteiger partial charge in [0.15, 0.2) is 0 Å². The number of amides is 1. The zero-order chi connectivity index (χ0) is 14.8. The maximum absolute atomic E-state index is 12.5. The number of nitrogens with zero attached hydrogens (tertiary/aromatic N) is 2. The fourth-order valence-corrected chi connectivity index (χ4v) is 4.34. The van der Waals surface area contributed by atoms with E-state index in [1.807, 2.05) is 11.3 Å². The molecule has 0 radical (unpaired) electrons. The molecule has 1 saturated heterocycles. The van der Waals surface area contributed by atoms with Crippen molar-refractivity contribution in [1.82, 2.24) is 9.88 Å². The van der Waals surface area contributed by atoms with E-state index in [0.717, 1.165) is 38.0 Å². The van der Waals surface area contributed by atoms with Crippen LogP contribution in [0.15, 0.2) is 12.2 Å². The molecule has 1 aromatic rings. The van der Waals surface area contributed by atoms with Crippen molar-refractivity contribution in [2.75, 3.05) is 13.1 Å². The number of rotatable bonds is 3. The molecule has 0 unspecified atom stereocenters. The number of likely N-dealkylation sites (tertiary alicyclic amines) is 1. The summed E-state index contributed by atoms with van der Waals surface area (Å²) in [5, 5.41) is 1.23. The second kappa shape index (κ2) is 6.30. The molecule has 21 heavy (non-hydrogen) atoms. The molecule has 1 amide bonds. The Bertz CT molecular complexity index is 529. The van der Waals surface area contributed by atoms with E-state index in [0.29, 0.717) is 24.2 Å². The zero-order valence-electron chi connectivity index (χ0n) is 13.0. The van der Waals surface area contributed by atoms with E-state index in [2.05, 4.69) is 30.9 Å². The predicted molar refractivity (Wildman–Crippen MR) is 86.6 cm³/mol. The van der Waals surface area contributed by atoms with Crippen LogP contribution in [0.4, 0.5) is 0 Å². The molecular formula is C17H24N2OS. The first-order chi connectivity index (χ1) is 10.1. The van der Waals surface area contributed by atoms with Crippen LogP contribution in [0.5, 0.6) is 0 Å². The quantitative estimate of drug-likeness (QED) is 0.795. The Morgan fingerprint density at radius 2 is 2.29 bits per heavy atom. The fraction of sp³-hybridized carbons (Fsp3) is 0.647. The SMILES string of the molecule is Cc1nc([C@@H]2CCCN(C(=O)C[C@H]3C=CCC3)C2)sc1C. The molecule has 2 aliphatic rings. The number of piperidine rings is 1. The minimum absolute atomic E-state index is 0.334. The number of allylic oxidation sites excluding steroid dienone is 2. The Kier molecular flexibility index (Phi) is 4.43. The Morgan fingerprint density at radius 1 is 1.43 bits per heavy atom. The van der Waals surface area contributed by atoms with Gasteiger partial charge in [-0.2, -0.15) is 0 Å². The van der Waals surface area contributed by atoms with E-state index in [4.69, 9.17) is 4.98 Å². The van der Waals surface area contributed by atoms with Crippen LogP contribution in [0.3, 0.4) is 0 Å². The lowest BCUT2D eigenvalue weighted by Gasteiger charge is -2.32. The van der Waals surface area contributed by atoms with E-state index in [-0.39, 0.29) is 0 Å². The Hall–Kier alpha value is -1.16. The third kappa shape index (κ3) is 3.37. The molecule has 2 heterocycles. The maximum atomic E-state index is 12.5. The maximum Gasteiger partial charge on any atom is 0.223 e. The minimum Gasteiger partial charge on any atom is -0.342 e. The van der Waals surface area contributed by atoms with Crippen molar-refractivity contribution in [2.24, 2.45) is 5.92 Å². The third-order valence-electron chi connectivity index (χ3n) is 4.72. The second-order valence-electron chi connectivity index (χ2n) is 6.34. The highest BCUT2D eigenvalue weighted by Crippen LogP contribution is 2.32. The number of hydrogen-bond acceptors (Lipinski definition) is 3. The summed E-state index contributed by atoms with van der Waals surface area (Å²) >= 11 is 1.81. The van der Waals surface area contributed by atoms with Gasteiger partial charge in [0.2, 0.25) is 5.91 Å². The monoisotopic (exact) mass is 304 g/mol. The lowest BCUT2D eigenvalue weighted by Crippen LogP contribution is -2.39. The zero-order valence-corrected chi connectivity index (χ0v) is 13.8. The molecule has 0 aromatic carbocycles. The number of aromatic nitrogens is 1. The van der Waals surface area contributed by atoms with Gasteiger partial charge in [-0.05, 0) is 45.4 Å². The summed E-state index contributed by atoms with van der Waals surface area (Å²) in [5.74, 6) is 1.25. The summed E-state index contributed by atoms with van der Waals surface area (Å²) in [4.78, 5) is 20.6. The Morgan fingerprint density at radius 3 is 2.95 bits per heavy atom. The normalized spacial score (nSPS) is 25.5. The molecular weight excluding hydrogens is 280 g/mol. The van der Waals surface area contributed by atoms with Crippen LogP contribution in [0.25, 0.3) is 0 Å². The van der Waals surface area contributed by atoms with Crippen molar-refractivity contribution in [3.8, 4) is 0 Å². The molecule has 0 saturated carbocycles. The van der Waals surface area contributed by atoms with Gasteiger partial charge in [0.05, 0.1) is 10.7 Å². The molecule has 114 valence electrons. The molecule has 4 heteroatoms. The highest BCUT2D eigenvalue weighted by atomic mass is 32.1. The first-order valence-electron chi connectivity index (χ1n) is 8.02. The van der Waals surface area contributed by atoms with E-state index < -0.39 is 0 Å². The standard InChI is InChI=1S/C17H24N2OS/c1-12-13(2)21-17(18-12)15-8-5-9-19(11-15)16(20)10-14-6-3-4-7-14/h3,6,14-15H,4-5,7-11H2,1-2H3/t14-,15+/m0/s1. The van der Waals surface area contributed by atoms with Gasteiger partial charge in [-0.25, -0.2) is 4.98 Å². The topological polar surface area (TPSA) is 33.2 Å². The molecule has 0 N–H and O–H groups in total. The van der Waals surface area contributed by atoms with E-state index >= 15 is 0 Å². The first-order valence-corrected chi connectivity index (χ1v) is 8.83. The van der Waals surface area contributed by atoms with Gasteiger partial charge in [0.25, 0.3) is 0 Å². The minimum atomic E-state index is 0.334. The van der Waals surface area contributed by atoms with E-state index in [9.17, 15) is 4.79 Å². The van der Waals surface area contributed by atoms with Gasteiger partial charge in [0, 0.05) is 30.3 Å². The highest BCUT2D eigenvalue weighted by Gasteiger charge is 2.28. The lowest BCUT2D eigenvalue weighted by atomic mass is 9.97. The van der Waals surface area contributed by atoms with Gasteiger partial charge in [-0.15, -0.1) is 11.3 Å². The fourth-order valence-electron chi connectivity index (χ4n) is 3.30. The van der Waals surface area contributed by atoms with Crippen LogP contribution >= 0.6 is 11.3 Å². The Labute approximate surface area is 131 Å².